The first-order chi connectivity index (χ1) is 11.1. The molecule has 0 aromatic heterocycles. The van der Waals surface area contributed by atoms with Crippen LogP contribution in [0.15, 0.2) is 48.5 Å². The number of benzene rings is 2. The van der Waals surface area contributed by atoms with Gasteiger partial charge in [-0.25, -0.2) is 0 Å². The third-order valence-electron chi connectivity index (χ3n) is 3.92. The van der Waals surface area contributed by atoms with Gasteiger partial charge in [-0.05, 0) is 12.1 Å². The highest BCUT2D eigenvalue weighted by Crippen LogP contribution is 2.37. The maximum absolute atomic E-state index is 12.8. The smallest absolute Gasteiger partial charge is 0.254 e. The quantitative estimate of drug-likeness (QED) is 0.943. The molecule has 1 aliphatic heterocycles. The number of nitrogens with zero attached hydrogens (tertiary/aromatic N) is 1. The first-order valence-electron chi connectivity index (χ1n) is 7.41. The number of rotatable bonds is 4. The van der Waals surface area contributed by atoms with Gasteiger partial charge in [0, 0.05) is 23.7 Å². The highest BCUT2D eigenvalue weighted by molar-refractivity contribution is 6.06. The molecule has 2 aromatic rings. The fourth-order valence-electron chi connectivity index (χ4n) is 2.89. The molecule has 0 aliphatic carbocycles. The highest BCUT2D eigenvalue weighted by Gasteiger charge is 2.37. The van der Waals surface area contributed by atoms with E-state index in [-0.39, 0.29) is 11.8 Å². The van der Waals surface area contributed by atoms with Gasteiger partial charge in [-0.3, -0.25) is 9.59 Å². The van der Waals surface area contributed by atoms with Gasteiger partial charge in [-0.2, -0.15) is 0 Å². The topological polar surface area (TPSA) is 58.6 Å². The van der Waals surface area contributed by atoms with Gasteiger partial charge >= 0.3 is 0 Å². The number of anilines is 1. The molecule has 118 valence electrons. The number of carbonyl (C=O) groups excluding carboxylic acids is 2. The second kappa shape index (κ2) is 6.12. The lowest BCUT2D eigenvalue weighted by molar-refractivity contribution is -0.126. The Morgan fingerprint density at radius 3 is 2.61 bits per heavy atom. The number of methoxy groups -OCH3 is 1. The van der Waals surface area contributed by atoms with Crippen LogP contribution in [-0.2, 0) is 16.1 Å². The van der Waals surface area contributed by atoms with Gasteiger partial charge in [0.1, 0.15) is 11.8 Å². The number of hydrogen-bond donors (Lipinski definition) is 1. The van der Waals surface area contributed by atoms with Crippen LogP contribution in [0.2, 0.25) is 0 Å². The molecule has 0 spiro atoms. The van der Waals surface area contributed by atoms with Gasteiger partial charge in [-0.15, -0.1) is 0 Å². The van der Waals surface area contributed by atoms with E-state index in [4.69, 9.17) is 4.74 Å². The van der Waals surface area contributed by atoms with Gasteiger partial charge in [0.2, 0.25) is 5.91 Å². The van der Waals surface area contributed by atoms with E-state index in [1.807, 2.05) is 48.5 Å². The summed E-state index contributed by atoms with van der Waals surface area (Å²) in [5.74, 6) is 0.380. The number of hydrogen-bond acceptors (Lipinski definition) is 3. The van der Waals surface area contributed by atoms with Crippen molar-refractivity contribution in [1.29, 1.82) is 0 Å². The van der Waals surface area contributed by atoms with E-state index in [1.165, 1.54) is 6.92 Å². The van der Waals surface area contributed by atoms with E-state index in [1.54, 1.807) is 12.0 Å². The van der Waals surface area contributed by atoms with Crippen molar-refractivity contribution in [3.8, 4) is 5.75 Å². The van der Waals surface area contributed by atoms with Crippen molar-refractivity contribution in [1.82, 2.24) is 5.32 Å². The van der Waals surface area contributed by atoms with Gasteiger partial charge in [0.05, 0.1) is 13.7 Å². The van der Waals surface area contributed by atoms with Crippen molar-refractivity contribution in [3.63, 3.8) is 0 Å². The molecule has 2 aromatic carbocycles. The Morgan fingerprint density at radius 1 is 1.17 bits per heavy atom. The van der Waals surface area contributed by atoms with E-state index in [0.29, 0.717) is 6.54 Å². The van der Waals surface area contributed by atoms with Crippen molar-refractivity contribution < 1.29 is 14.3 Å². The molecular weight excluding hydrogens is 292 g/mol. The Morgan fingerprint density at radius 2 is 1.87 bits per heavy atom. The maximum Gasteiger partial charge on any atom is 0.254 e. The fourth-order valence-corrected chi connectivity index (χ4v) is 2.89. The highest BCUT2D eigenvalue weighted by atomic mass is 16.5. The molecule has 3 rings (SSSR count). The van der Waals surface area contributed by atoms with Crippen LogP contribution < -0.4 is 15.0 Å². The Balaban J connectivity index is 1.96. The van der Waals surface area contributed by atoms with Crippen molar-refractivity contribution in [2.24, 2.45) is 0 Å². The molecule has 0 saturated heterocycles. The summed E-state index contributed by atoms with van der Waals surface area (Å²) in [6.07, 6.45) is 0. The van der Waals surface area contributed by atoms with E-state index < -0.39 is 6.04 Å². The molecule has 0 radical (unpaired) electrons. The lowest BCUT2D eigenvalue weighted by Gasteiger charge is -2.19. The molecule has 5 heteroatoms. The molecule has 1 heterocycles. The number of amides is 2. The fraction of sp³-hybridized carbons (Fsp3) is 0.222. The summed E-state index contributed by atoms with van der Waals surface area (Å²) in [7, 11) is 1.61. The Bertz CT molecular complexity index is 757. The van der Waals surface area contributed by atoms with E-state index in [9.17, 15) is 9.59 Å². The second-order valence-electron chi connectivity index (χ2n) is 5.43. The SMILES string of the molecule is COc1ccccc1CN1C(=O)[C@@H](NC(C)=O)c2ccccc21. The molecule has 2 amide bonds. The van der Waals surface area contributed by atoms with Crippen LogP contribution in [0.3, 0.4) is 0 Å². The molecule has 23 heavy (non-hydrogen) atoms. The van der Waals surface area contributed by atoms with Gasteiger partial charge in [0.25, 0.3) is 5.91 Å². The summed E-state index contributed by atoms with van der Waals surface area (Å²) in [6, 6.07) is 14.5. The zero-order chi connectivity index (χ0) is 16.4. The summed E-state index contributed by atoms with van der Waals surface area (Å²) in [4.78, 5) is 25.9. The molecule has 5 nitrogen and oxygen atoms in total. The maximum atomic E-state index is 12.8. The zero-order valence-electron chi connectivity index (χ0n) is 13.1. The minimum Gasteiger partial charge on any atom is -0.496 e. The molecule has 0 saturated carbocycles. The first-order valence-corrected chi connectivity index (χ1v) is 7.41. The van der Waals surface area contributed by atoms with Crippen molar-refractivity contribution >= 4 is 17.5 Å². The standard InChI is InChI=1S/C18H18N2O3/c1-12(21)19-17-14-8-4-5-9-15(14)20(18(17)22)11-13-7-3-6-10-16(13)23-2/h3-10,17H,11H2,1-2H3,(H,19,21)/t17-/m0/s1. The van der Waals surface area contributed by atoms with Crippen LogP contribution in [0.4, 0.5) is 5.69 Å². The van der Waals surface area contributed by atoms with E-state index in [2.05, 4.69) is 5.32 Å². The summed E-state index contributed by atoms with van der Waals surface area (Å²) >= 11 is 0. The van der Waals surface area contributed by atoms with Crippen LogP contribution in [0, 0.1) is 0 Å². The average molecular weight is 310 g/mol. The van der Waals surface area contributed by atoms with Crippen LogP contribution in [0.25, 0.3) is 0 Å². The zero-order valence-corrected chi connectivity index (χ0v) is 13.1. The average Bonchev–Trinajstić information content (AvgIpc) is 2.81. The first kappa shape index (κ1) is 15.1. The summed E-state index contributed by atoms with van der Waals surface area (Å²) in [6.45, 7) is 1.81. The molecular formula is C18H18N2O3. The normalized spacial score (nSPS) is 16.2. The van der Waals surface area contributed by atoms with Crippen LogP contribution in [0.1, 0.15) is 24.1 Å². The van der Waals surface area contributed by atoms with Crippen LogP contribution >= 0.6 is 0 Å². The molecule has 0 unspecified atom stereocenters. The van der Waals surface area contributed by atoms with Gasteiger partial charge < -0.3 is 15.0 Å². The van der Waals surface area contributed by atoms with E-state index >= 15 is 0 Å². The Labute approximate surface area is 134 Å². The van der Waals surface area contributed by atoms with Crippen LogP contribution in [0.5, 0.6) is 5.75 Å². The van der Waals surface area contributed by atoms with E-state index in [0.717, 1.165) is 22.6 Å². The second-order valence-corrected chi connectivity index (χ2v) is 5.43. The predicted molar refractivity (Wildman–Crippen MR) is 87.2 cm³/mol. The molecule has 0 bridgehead atoms. The molecule has 1 atom stereocenters. The number of nitrogens with one attached hydrogen (secondary N) is 1. The third kappa shape index (κ3) is 2.77. The third-order valence-corrected chi connectivity index (χ3v) is 3.92. The molecule has 1 aliphatic rings. The molecule has 0 fully saturated rings. The minimum absolute atomic E-state index is 0.132. The van der Waals surface area contributed by atoms with Crippen LogP contribution in [-0.4, -0.2) is 18.9 Å². The number of para-hydroxylation sites is 2. The predicted octanol–water partition coefficient (Wildman–Crippen LogP) is 2.42. The van der Waals surface area contributed by atoms with Crippen molar-refractivity contribution in [3.05, 3.63) is 59.7 Å². The van der Waals surface area contributed by atoms with Gasteiger partial charge in [0.15, 0.2) is 0 Å². The Kier molecular flexibility index (Phi) is 4.02. The molecule has 1 N–H and O–H groups in total. The Hall–Kier alpha value is -2.82. The van der Waals surface area contributed by atoms with Gasteiger partial charge in [-0.1, -0.05) is 36.4 Å². The lowest BCUT2D eigenvalue weighted by atomic mass is 10.1. The number of ether oxygens (including phenoxy) is 1. The monoisotopic (exact) mass is 310 g/mol. The summed E-state index contributed by atoms with van der Waals surface area (Å²) in [5, 5.41) is 2.73. The summed E-state index contributed by atoms with van der Waals surface area (Å²) < 4.78 is 5.36. The van der Waals surface area contributed by atoms with Crippen molar-refractivity contribution in [2.75, 3.05) is 12.0 Å². The lowest BCUT2D eigenvalue weighted by Crippen LogP contribution is -2.36. The number of fused-ring (bicyclic) bond motifs is 1. The summed E-state index contributed by atoms with van der Waals surface area (Å²) in [5.41, 5.74) is 2.56. The van der Waals surface area contributed by atoms with Crippen molar-refractivity contribution in [2.45, 2.75) is 19.5 Å². The largest absolute Gasteiger partial charge is 0.496 e. The number of carbonyl (C=O) groups is 2. The minimum atomic E-state index is -0.626.